The first kappa shape index (κ1) is 13.2. The Labute approximate surface area is 108 Å². The van der Waals surface area contributed by atoms with Crippen LogP contribution < -0.4 is 5.73 Å². The molecule has 18 heavy (non-hydrogen) atoms. The Hall–Kier alpha value is -1.26. The van der Waals surface area contributed by atoms with Gasteiger partial charge in [0.1, 0.15) is 5.41 Å². The second kappa shape index (κ2) is 4.44. The van der Waals surface area contributed by atoms with Crippen LogP contribution in [-0.4, -0.2) is 34.9 Å². The third kappa shape index (κ3) is 2.06. The molecule has 2 aliphatic rings. The Morgan fingerprint density at radius 2 is 1.94 bits per heavy atom. The van der Waals surface area contributed by atoms with Crippen molar-refractivity contribution in [2.24, 2.45) is 21.7 Å². The molecule has 0 bridgehead atoms. The van der Waals surface area contributed by atoms with E-state index in [2.05, 4.69) is 19.0 Å². The number of oxime groups is 1. The van der Waals surface area contributed by atoms with Gasteiger partial charge < -0.3 is 15.8 Å². The number of carbonyl (C=O) groups is 1. The van der Waals surface area contributed by atoms with Crippen LogP contribution in [0.4, 0.5) is 0 Å². The standard InChI is InChI=1S/C13H23N3O2/c1-12(2)5-4-8-16(9-12)11(17)13(6-3-7-13)10(14)15-18/h18H,3-9H2,1-2H3,(H2,14,15). The van der Waals surface area contributed by atoms with E-state index in [1.807, 2.05) is 4.90 Å². The molecule has 1 aliphatic carbocycles. The van der Waals surface area contributed by atoms with Crippen LogP contribution >= 0.6 is 0 Å². The fraction of sp³-hybridized carbons (Fsp3) is 0.846. The van der Waals surface area contributed by atoms with E-state index in [1.165, 1.54) is 0 Å². The molecule has 2 fully saturated rings. The smallest absolute Gasteiger partial charge is 0.236 e. The van der Waals surface area contributed by atoms with Gasteiger partial charge in [-0.15, -0.1) is 0 Å². The van der Waals surface area contributed by atoms with Crippen LogP contribution in [0.1, 0.15) is 46.0 Å². The Morgan fingerprint density at radius 1 is 1.28 bits per heavy atom. The minimum absolute atomic E-state index is 0.0526. The number of piperidine rings is 1. The average Bonchev–Trinajstić information content (AvgIpc) is 2.25. The molecule has 0 aromatic rings. The fourth-order valence-electron chi connectivity index (χ4n) is 3.10. The summed E-state index contributed by atoms with van der Waals surface area (Å²) in [7, 11) is 0. The van der Waals surface area contributed by atoms with Crippen LogP contribution in [0.5, 0.6) is 0 Å². The Balaban J connectivity index is 2.15. The van der Waals surface area contributed by atoms with Gasteiger partial charge in [-0.25, -0.2) is 0 Å². The molecule has 1 amide bonds. The van der Waals surface area contributed by atoms with Gasteiger partial charge in [0.05, 0.1) is 0 Å². The molecule has 0 atom stereocenters. The van der Waals surface area contributed by atoms with Crippen LogP contribution in [0.2, 0.25) is 0 Å². The van der Waals surface area contributed by atoms with E-state index in [0.717, 1.165) is 32.4 Å². The number of amides is 1. The molecule has 1 aliphatic heterocycles. The fourth-order valence-corrected chi connectivity index (χ4v) is 3.10. The topological polar surface area (TPSA) is 78.9 Å². The van der Waals surface area contributed by atoms with Crippen molar-refractivity contribution in [3.8, 4) is 0 Å². The van der Waals surface area contributed by atoms with Gasteiger partial charge in [-0.2, -0.15) is 0 Å². The van der Waals surface area contributed by atoms with Crippen molar-refractivity contribution in [3.05, 3.63) is 0 Å². The summed E-state index contributed by atoms with van der Waals surface area (Å²) in [4.78, 5) is 14.5. The van der Waals surface area contributed by atoms with Gasteiger partial charge in [-0.3, -0.25) is 4.79 Å². The predicted octanol–water partition coefficient (Wildman–Crippen LogP) is 1.55. The minimum Gasteiger partial charge on any atom is -0.409 e. The highest BCUT2D eigenvalue weighted by molar-refractivity contribution is 6.07. The highest BCUT2D eigenvalue weighted by atomic mass is 16.4. The summed E-state index contributed by atoms with van der Waals surface area (Å²) in [5.41, 5.74) is 5.19. The van der Waals surface area contributed by atoms with Crippen molar-refractivity contribution in [3.63, 3.8) is 0 Å². The first-order chi connectivity index (χ1) is 8.41. The predicted molar refractivity (Wildman–Crippen MR) is 69.3 cm³/mol. The summed E-state index contributed by atoms with van der Waals surface area (Å²) in [6.07, 6.45) is 4.56. The largest absolute Gasteiger partial charge is 0.409 e. The molecule has 1 saturated heterocycles. The zero-order chi connectivity index (χ0) is 13.4. The van der Waals surface area contributed by atoms with E-state index in [4.69, 9.17) is 10.9 Å². The normalized spacial score (nSPS) is 26.6. The van der Waals surface area contributed by atoms with Crippen molar-refractivity contribution in [2.45, 2.75) is 46.0 Å². The Morgan fingerprint density at radius 3 is 2.39 bits per heavy atom. The molecule has 3 N–H and O–H groups in total. The summed E-state index contributed by atoms with van der Waals surface area (Å²) in [6.45, 7) is 5.93. The summed E-state index contributed by atoms with van der Waals surface area (Å²) in [5.74, 6) is 0.138. The van der Waals surface area contributed by atoms with Gasteiger partial charge in [0.25, 0.3) is 0 Å². The third-order valence-electron chi connectivity index (χ3n) is 4.40. The van der Waals surface area contributed by atoms with Gasteiger partial charge in [0.15, 0.2) is 5.84 Å². The molecule has 102 valence electrons. The summed E-state index contributed by atoms with van der Waals surface area (Å²) >= 11 is 0. The number of rotatable bonds is 2. The highest BCUT2D eigenvalue weighted by Gasteiger charge is 2.51. The van der Waals surface area contributed by atoms with E-state index in [-0.39, 0.29) is 17.2 Å². The van der Waals surface area contributed by atoms with Crippen molar-refractivity contribution in [2.75, 3.05) is 13.1 Å². The molecule has 1 saturated carbocycles. The van der Waals surface area contributed by atoms with Crippen molar-refractivity contribution >= 4 is 11.7 Å². The van der Waals surface area contributed by atoms with E-state index >= 15 is 0 Å². The summed E-state index contributed by atoms with van der Waals surface area (Å²) in [6, 6.07) is 0. The average molecular weight is 253 g/mol. The van der Waals surface area contributed by atoms with Crippen LogP contribution in [0.15, 0.2) is 5.16 Å². The quantitative estimate of drug-likeness (QED) is 0.339. The van der Waals surface area contributed by atoms with E-state index in [9.17, 15) is 4.79 Å². The van der Waals surface area contributed by atoms with E-state index < -0.39 is 5.41 Å². The molecule has 5 nitrogen and oxygen atoms in total. The Kier molecular flexibility index (Phi) is 3.25. The molecule has 0 aromatic carbocycles. The lowest BCUT2D eigenvalue weighted by Crippen LogP contribution is -2.57. The van der Waals surface area contributed by atoms with Crippen molar-refractivity contribution in [1.29, 1.82) is 0 Å². The molecule has 1 heterocycles. The zero-order valence-electron chi connectivity index (χ0n) is 11.3. The number of nitrogens with zero attached hydrogens (tertiary/aromatic N) is 2. The molecule has 0 aromatic heterocycles. The van der Waals surface area contributed by atoms with Crippen LogP contribution in [-0.2, 0) is 4.79 Å². The molecular formula is C13H23N3O2. The molecular weight excluding hydrogens is 230 g/mol. The maximum Gasteiger partial charge on any atom is 0.236 e. The first-order valence-corrected chi connectivity index (χ1v) is 6.69. The van der Waals surface area contributed by atoms with Crippen LogP contribution in [0.3, 0.4) is 0 Å². The number of hydrogen-bond donors (Lipinski definition) is 2. The molecule has 0 spiro atoms. The number of amidine groups is 1. The highest BCUT2D eigenvalue weighted by Crippen LogP contribution is 2.44. The minimum atomic E-state index is -0.720. The Bertz CT molecular complexity index is 372. The van der Waals surface area contributed by atoms with Gasteiger partial charge in [0, 0.05) is 13.1 Å². The van der Waals surface area contributed by atoms with E-state index in [0.29, 0.717) is 12.8 Å². The van der Waals surface area contributed by atoms with Crippen molar-refractivity contribution < 1.29 is 10.0 Å². The second-order valence-corrected chi connectivity index (χ2v) is 6.42. The number of nitrogens with two attached hydrogens (primary N) is 1. The lowest BCUT2D eigenvalue weighted by atomic mass is 9.66. The lowest BCUT2D eigenvalue weighted by molar-refractivity contribution is -0.145. The first-order valence-electron chi connectivity index (χ1n) is 6.69. The van der Waals surface area contributed by atoms with Gasteiger partial charge in [-0.1, -0.05) is 25.4 Å². The van der Waals surface area contributed by atoms with Crippen LogP contribution in [0.25, 0.3) is 0 Å². The summed E-state index contributed by atoms with van der Waals surface area (Å²) < 4.78 is 0. The lowest BCUT2D eigenvalue weighted by Gasteiger charge is -2.46. The molecule has 2 rings (SSSR count). The number of carbonyl (C=O) groups excluding carboxylic acids is 1. The second-order valence-electron chi connectivity index (χ2n) is 6.42. The number of likely N-dealkylation sites (tertiary alicyclic amines) is 1. The molecule has 0 unspecified atom stereocenters. The monoisotopic (exact) mass is 253 g/mol. The maximum absolute atomic E-state index is 12.6. The maximum atomic E-state index is 12.6. The zero-order valence-corrected chi connectivity index (χ0v) is 11.3. The van der Waals surface area contributed by atoms with Gasteiger partial charge in [-0.05, 0) is 31.1 Å². The number of hydrogen-bond acceptors (Lipinski definition) is 3. The molecule has 5 heteroatoms. The van der Waals surface area contributed by atoms with Crippen molar-refractivity contribution in [1.82, 2.24) is 4.90 Å². The van der Waals surface area contributed by atoms with E-state index in [1.54, 1.807) is 0 Å². The van der Waals surface area contributed by atoms with Gasteiger partial charge >= 0.3 is 0 Å². The van der Waals surface area contributed by atoms with Crippen LogP contribution in [0, 0.1) is 10.8 Å². The summed E-state index contributed by atoms with van der Waals surface area (Å²) in [5, 5.41) is 12.0. The molecule has 0 radical (unpaired) electrons. The SMILES string of the molecule is CC1(C)CCCN(C(=O)C2(C(N)=NO)CCC2)C1. The van der Waals surface area contributed by atoms with Gasteiger partial charge in [0.2, 0.25) is 5.91 Å². The third-order valence-corrected chi connectivity index (χ3v) is 4.40.